The van der Waals surface area contributed by atoms with Gasteiger partial charge in [-0.3, -0.25) is 4.79 Å². The van der Waals surface area contributed by atoms with Crippen LogP contribution in [0.5, 0.6) is 0 Å². The van der Waals surface area contributed by atoms with Crippen molar-refractivity contribution >= 4 is 21.7 Å². The summed E-state index contributed by atoms with van der Waals surface area (Å²) in [7, 11) is 0. The molecule has 0 radical (unpaired) electrons. The van der Waals surface area contributed by atoms with Crippen LogP contribution >= 0.6 is 15.9 Å². The Morgan fingerprint density at radius 2 is 2.07 bits per heavy atom. The Morgan fingerprint density at radius 1 is 1.33 bits per heavy atom. The molecule has 0 unspecified atom stereocenters. The van der Waals surface area contributed by atoms with Crippen LogP contribution in [0.4, 0.5) is 0 Å². The molecular weight excluding hydrogens is 258 g/mol. The largest absolute Gasteiger partial charge is 0.352 e. The number of carbonyl (C=O) groups is 1. The first-order valence-corrected chi connectivity index (χ1v) is 5.20. The number of hydrogen-bond acceptors (Lipinski definition) is 3. The van der Waals surface area contributed by atoms with E-state index in [1.54, 1.807) is 6.20 Å². The first kappa shape index (κ1) is 10.1. The monoisotopic (exact) mass is 265 g/mol. The van der Waals surface area contributed by atoms with Gasteiger partial charge in [-0.1, -0.05) is 39.3 Å². The summed E-state index contributed by atoms with van der Waals surface area (Å²) in [5, 5.41) is 3.64. The van der Waals surface area contributed by atoms with Gasteiger partial charge in [-0.2, -0.15) is 0 Å². The van der Waals surface area contributed by atoms with E-state index < -0.39 is 0 Å². The maximum Gasteiger partial charge on any atom is 0.209 e. The number of ketones is 1. The topological polar surface area (TPSA) is 43.1 Å². The standard InChI is InChI=1S/C11H8BrNO2/c1-7(14)11-9(6-13-15-11)8-4-2-3-5-10(8)12/h2-6H,1H3. The number of carbonyl (C=O) groups excluding carboxylic acids is 1. The molecule has 1 aromatic carbocycles. The molecule has 0 saturated carbocycles. The molecule has 15 heavy (non-hydrogen) atoms. The molecule has 76 valence electrons. The van der Waals surface area contributed by atoms with Crippen molar-refractivity contribution in [3.8, 4) is 11.1 Å². The third kappa shape index (κ3) is 1.85. The third-order valence-corrected chi connectivity index (χ3v) is 2.75. The first-order chi connectivity index (χ1) is 7.20. The van der Waals surface area contributed by atoms with Gasteiger partial charge in [0, 0.05) is 17.0 Å². The van der Waals surface area contributed by atoms with Crippen LogP contribution in [0.15, 0.2) is 39.5 Å². The summed E-state index contributed by atoms with van der Waals surface area (Å²) in [5.74, 6) is 0.167. The van der Waals surface area contributed by atoms with E-state index in [-0.39, 0.29) is 5.78 Å². The van der Waals surface area contributed by atoms with Gasteiger partial charge >= 0.3 is 0 Å². The molecular formula is C11H8BrNO2. The van der Waals surface area contributed by atoms with Gasteiger partial charge in [0.1, 0.15) is 0 Å². The van der Waals surface area contributed by atoms with Crippen molar-refractivity contribution in [1.29, 1.82) is 0 Å². The third-order valence-electron chi connectivity index (χ3n) is 2.05. The van der Waals surface area contributed by atoms with Gasteiger partial charge in [-0.05, 0) is 6.07 Å². The van der Waals surface area contributed by atoms with E-state index in [1.165, 1.54) is 6.92 Å². The van der Waals surface area contributed by atoms with Crippen LogP contribution in [-0.4, -0.2) is 10.9 Å². The molecule has 0 saturated heterocycles. The van der Waals surface area contributed by atoms with Crippen molar-refractivity contribution in [2.45, 2.75) is 6.92 Å². The van der Waals surface area contributed by atoms with Gasteiger partial charge in [0.2, 0.25) is 5.76 Å². The molecule has 0 atom stereocenters. The molecule has 0 N–H and O–H groups in total. The fourth-order valence-corrected chi connectivity index (χ4v) is 1.86. The lowest BCUT2D eigenvalue weighted by atomic mass is 10.1. The molecule has 0 fully saturated rings. The van der Waals surface area contributed by atoms with E-state index in [9.17, 15) is 4.79 Å². The number of Topliss-reactive ketones (excluding diaryl/α,β-unsaturated/α-hetero) is 1. The highest BCUT2D eigenvalue weighted by atomic mass is 79.9. The van der Waals surface area contributed by atoms with Gasteiger partial charge in [0.25, 0.3) is 0 Å². The minimum Gasteiger partial charge on any atom is -0.352 e. The van der Waals surface area contributed by atoms with Gasteiger partial charge < -0.3 is 4.52 Å². The summed E-state index contributed by atoms with van der Waals surface area (Å²) >= 11 is 3.42. The minimum absolute atomic E-state index is 0.127. The van der Waals surface area contributed by atoms with E-state index in [0.717, 1.165) is 15.6 Å². The zero-order valence-corrected chi connectivity index (χ0v) is 9.61. The predicted molar refractivity (Wildman–Crippen MR) is 59.6 cm³/mol. The molecule has 0 amide bonds. The quantitative estimate of drug-likeness (QED) is 0.783. The van der Waals surface area contributed by atoms with Crippen molar-refractivity contribution in [3.63, 3.8) is 0 Å². The molecule has 4 heteroatoms. The summed E-state index contributed by atoms with van der Waals surface area (Å²) < 4.78 is 5.83. The lowest BCUT2D eigenvalue weighted by Crippen LogP contribution is -1.92. The van der Waals surface area contributed by atoms with Crippen LogP contribution < -0.4 is 0 Å². The van der Waals surface area contributed by atoms with Crippen LogP contribution in [0.25, 0.3) is 11.1 Å². The van der Waals surface area contributed by atoms with Crippen LogP contribution in [0.3, 0.4) is 0 Å². The summed E-state index contributed by atoms with van der Waals surface area (Å²) in [6.45, 7) is 1.46. The first-order valence-electron chi connectivity index (χ1n) is 4.40. The Hall–Kier alpha value is -1.42. The Bertz CT molecular complexity index is 505. The van der Waals surface area contributed by atoms with Crippen molar-refractivity contribution in [3.05, 3.63) is 40.7 Å². The normalized spacial score (nSPS) is 10.3. The maximum atomic E-state index is 11.3. The number of aromatic nitrogens is 1. The second-order valence-corrected chi connectivity index (χ2v) is 3.96. The van der Waals surface area contributed by atoms with Crippen LogP contribution in [0.1, 0.15) is 17.5 Å². The molecule has 3 nitrogen and oxygen atoms in total. The van der Waals surface area contributed by atoms with E-state index in [4.69, 9.17) is 4.52 Å². The molecule has 0 spiro atoms. The van der Waals surface area contributed by atoms with Crippen molar-refractivity contribution in [1.82, 2.24) is 5.16 Å². The number of nitrogens with zero attached hydrogens (tertiary/aromatic N) is 1. The van der Waals surface area contributed by atoms with E-state index in [2.05, 4.69) is 21.1 Å². The van der Waals surface area contributed by atoms with Gasteiger partial charge in [0.15, 0.2) is 5.78 Å². The highest BCUT2D eigenvalue weighted by molar-refractivity contribution is 9.10. The van der Waals surface area contributed by atoms with Crippen LogP contribution in [0.2, 0.25) is 0 Å². The fourth-order valence-electron chi connectivity index (χ4n) is 1.36. The molecule has 0 aliphatic rings. The van der Waals surface area contributed by atoms with Crippen molar-refractivity contribution in [2.24, 2.45) is 0 Å². The number of rotatable bonds is 2. The number of halogens is 1. The van der Waals surface area contributed by atoms with Gasteiger partial charge in [-0.25, -0.2) is 0 Å². The van der Waals surface area contributed by atoms with Crippen LogP contribution in [-0.2, 0) is 0 Å². The average Bonchev–Trinajstić information content (AvgIpc) is 2.67. The summed E-state index contributed by atoms with van der Waals surface area (Å²) in [6.07, 6.45) is 1.55. The van der Waals surface area contributed by atoms with Gasteiger partial charge in [0.05, 0.1) is 11.8 Å². The Morgan fingerprint density at radius 3 is 2.73 bits per heavy atom. The maximum absolute atomic E-state index is 11.3. The number of hydrogen-bond donors (Lipinski definition) is 0. The summed E-state index contributed by atoms with van der Waals surface area (Å²) in [6, 6.07) is 7.63. The van der Waals surface area contributed by atoms with E-state index >= 15 is 0 Å². The minimum atomic E-state index is -0.127. The smallest absolute Gasteiger partial charge is 0.209 e. The second kappa shape index (κ2) is 3.98. The zero-order valence-electron chi connectivity index (χ0n) is 8.03. The molecule has 0 bridgehead atoms. The molecule has 0 aliphatic heterocycles. The fraction of sp³-hybridized carbons (Fsp3) is 0.0909. The number of benzene rings is 1. The Balaban J connectivity index is 2.59. The lowest BCUT2D eigenvalue weighted by Gasteiger charge is -2.01. The van der Waals surface area contributed by atoms with E-state index in [1.807, 2.05) is 24.3 Å². The molecule has 2 aromatic rings. The average molecular weight is 266 g/mol. The summed E-state index contributed by atoms with van der Waals surface area (Å²) in [5.41, 5.74) is 1.62. The van der Waals surface area contributed by atoms with Gasteiger partial charge in [-0.15, -0.1) is 0 Å². The highest BCUT2D eigenvalue weighted by Gasteiger charge is 2.15. The SMILES string of the molecule is CC(=O)c1oncc1-c1ccccc1Br. The van der Waals surface area contributed by atoms with E-state index in [0.29, 0.717) is 5.76 Å². The summed E-state index contributed by atoms with van der Waals surface area (Å²) in [4.78, 5) is 11.3. The van der Waals surface area contributed by atoms with Crippen molar-refractivity contribution in [2.75, 3.05) is 0 Å². The van der Waals surface area contributed by atoms with Crippen LogP contribution in [0, 0.1) is 0 Å². The Kier molecular flexibility index (Phi) is 2.68. The predicted octanol–water partition coefficient (Wildman–Crippen LogP) is 3.31. The lowest BCUT2D eigenvalue weighted by molar-refractivity contribution is 0.0979. The van der Waals surface area contributed by atoms with Crippen molar-refractivity contribution < 1.29 is 9.32 Å². The Labute approximate surface area is 95.2 Å². The highest BCUT2D eigenvalue weighted by Crippen LogP contribution is 2.30. The molecule has 1 aromatic heterocycles. The molecule has 1 heterocycles. The molecule has 2 rings (SSSR count). The molecule has 0 aliphatic carbocycles. The second-order valence-electron chi connectivity index (χ2n) is 3.10. The zero-order chi connectivity index (χ0) is 10.8.